The smallest absolute Gasteiger partial charge is 0.318 e. The van der Waals surface area contributed by atoms with Crippen LogP contribution in [0.25, 0.3) is 16.5 Å². The zero-order chi connectivity index (χ0) is 30.9. The predicted molar refractivity (Wildman–Crippen MR) is 172 cm³/mol. The maximum absolute atomic E-state index is 14.8. The van der Waals surface area contributed by atoms with Gasteiger partial charge in [0.1, 0.15) is 11.6 Å². The summed E-state index contributed by atoms with van der Waals surface area (Å²) in [5.41, 5.74) is 8.83. The van der Waals surface area contributed by atoms with Gasteiger partial charge in [-0.3, -0.25) is 9.88 Å². The highest BCUT2D eigenvalue weighted by molar-refractivity contribution is 8.04. The second-order valence-electron chi connectivity index (χ2n) is 13.9. The van der Waals surface area contributed by atoms with Gasteiger partial charge in [0.2, 0.25) is 0 Å². The Morgan fingerprint density at radius 3 is 2.69 bits per heavy atom. The molecule has 45 heavy (non-hydrogen) atoms. The molecule has 0 amide bonds. The third-order valence-corrected chi connectivity index (χ3v) is 12.3. The van der Waals surface area contributed by atoms with E-state index in [1.807, 2.05) is 6.07 Å². The summed E-state index contributed by atoms with van der Waals surface area (Å²) >= 11 is 1.20. The molecular weight excluding hydrogens is 591 g/mol. The van der Waals surface area contributed by atoms with Crippen molar-refractivity contribution in [3.63, 3.8) is 0 Å². The zero-order valence-corrected chi connectivity index (χ0v) is 26.6. The van der Waals surface area contributed by atoms with Gasteiger partial charge in [0, 0.05) is 48.2 Å². The van der Waals surface area contributed by atoms with E-state index in [2.05, 4.69) is 35.3 Å². The first-order chi connectivity index (χ1) is 21.8. The highest BCUT2D eigenvalue weighted by atomic mass is 32.2. The Kier molecular flexibility index (Phi) is 7.09. The summed E-state index contributed by atoms with van der Waals surface area (Å²) in [6, 6.07) is 5.54. The van der Waals surface area contributed by atoms with Crippen LogP contribution in [-0.4, -0.2) is 94.6 Å². The van der Waals surface area contributed by atoms with Gasteiger partial charge in [-0.1, -0.05) is 17.8 Å². The molecule has 2 aromatic heterocycles. The molecule has 0 radical (unpaired) electrons. The molecule has 12 heteroatoms. The molecule has 2 saturated heterocycles. The Hall–Kier alpha value is -3.24. The zero-order valence-electron chi connectivity index (χ0n) is 25.8. The minimum absolute atomic E-state index is 0.0845. The monoisotopic (exact) mass is 630 g/mol. The summed E-state index contributed by atoms with van der Waals surface area (Å²) in [4.78, 5) is 19.5. The summed E-state index contributed by atoms with van der Waals surface area (Å²) < 4.78 is 26.9. The molecule has 3 aliphatic carbocycles. The van der Waals surface area contributed by atoms with Crippen molar-refractivity contribution in [1.82, 2.24) is 24.8 Å². The maximum Gasteiger partial charge on any atom is 0.318 e. The van der Waals surface area contributed by atoms with Gasteiger partial charge in [0.05, 0.1) is 58.3 Å². The molecule has 3 aliphatic heterocycles. The van der Waals surface area contributed by atoms with Crippen LogP contribution in [0.3, 0.4) is 0 Å². The Labute approximate surface area is 266 Å². The lowest BCUT2D eigenvalue weighted by molar-refractivity contribution is -0.135. The lowest BCUT2D eigenvalue weighted by Crippen LogP contribution is -2.65. The van der Waals surface area contributed by atoms with Gasteiger partial charge in [0.15, 0.2) is 0 Å². The molecule has 2 bridgehead atoms. The van der Waals surface area contributed by atoms with Crippen molar-refractivity contribution in [2.75, 3.05) is 52.3 Å². The molecule has 0 aromatic carbocycles. The van der Waals surface area contributed by atoms with Crippen LogP contribution in [0.5, 0.6) is 6.01 Å². The number of nitrogens with zero attached hydrogens (tertiary/aromatic N) is 6. The van der Waals surface area contributed by atoms with Crippen molar-refractivity contribution in [1.29, 1.82) is 5.26 Å². The third-order valence-electron chi connectivity index (χ3n) is 11.0. The standard InChI is InChI=1S/C33H39FN8O2S/c1-41(2)33(6-3-7-33)16-38-30-23-13-37-25(21-4-5-24(34)28-27(21)22(12-35)29(36)45-28)11-26(23)39-31(40-30)44-18-32(8-9-32)17-42-19-10-20(42)15-43-14-19/h4-5,11,13,19-20,27-28H,3,6-10,14-18,36H2,1-2H3,(H,38,39,40). The van der Waals surface area contributed by atoms with E-state index in [1.54, 1.807) is 12.3 Å². The number of fused-ring (bicyclic) bond motifs is 4. The van der Waals surface area contributed by atoms with Crippen molar-refractivity contribution >= 4 is 34.1 Å². The number of rotatable bonds is 10. The molecular formula is C33H39FN8O2S. The van der Waals surface area contributed by atoms with Crippen LogP contribution in [0.15, 0.2) is 40.8 Å². The largest absolute Gasteiger partial charge is 0.463 e. The second-order valence-corrected chi connectivity index (χ2v) is 15.1. The number of allylic oxidation sites excluding steroid dienone is 4. The number of ether oxygens (including phenoxy) is 2. The van der Waals surface area contributed by atoms with E-state index in [4.69, 9.17) is 30.2 Å². The van der Waals surface area contributed by atoms with Gasteiger partial charge in [0.25, 0.3) is 0 Å². The summed E-state index contributed by atoms with van der Waals surface area (Å²) in [5.74, 6) is -0.0904. The Morgan fingerprint density at radius 1 is 1.22 bits per heavy atom. The molecule has 4 atom stereocenters. The number of aromatic nitrogens is 3. The number of anilines is 1. The quantitative estimate of drug-likeness (QED) is 0.392. The molecule has 2 aromatic rings. The molecule has 0 spiro atoms. The maximum atomic E-state index is 14.8. The van der Waals surface area contributed by atoms with Crippen LogP contribution >= 0.6 is 11.8 Å². The second kappa shape index (κ2) is 10.9. The minimum atomic E-state index is -0.560. The van der Waals surface area contributed by atoms with Gasteiger partial charge in [-0.05, 0) is 70.3 Å². The predicted octanol–water partition coefficient (Wildman–Crippen LogP) is 4.23. The number of thioether (sulfide) groups is 1. The van der Waals surface area contributed by atoms with Crippen LogP contribution in [0.2, 0.25) is 0 Å². The van der Waals surface area contributed by atoms with Gasteiger partial charge in [-0.2, -0.15) is 15.2 Å². The van der Waals surface area contributed by atoms with Crippen LogP contribution in [0.4, 0.5) is 10.2 Å². The van der Waals surface area contributed by atoms with Gasteiger partial charge in [-0.15, -0.1) is 0 Å². The van der Waals surface area contributed by atoms with Crippen LogP contribution in [0, 0.1) is 22.7 Å². The van der Waals surface area contributed by atoms with E-state index < -0.39 is 11.2 Å². The highest BCUT2D eigenvalue weighted by Gasteiger charge is 2.51. The fraction of sp³-hybridized carbons (Fsp3) is 0.576. The SMILES string of the molecule is CN(C)C1(CNc2nc(OCC3(CN4C5COCC4C5)CC3)nc3cc(C4=CC=C(F)C5SC(N)=C(C#N)C45)ncc23)CCC1. The molecule has 10 nitrogen and oxygen atoms in total. The number of hydrogen-bond acceptors (Lipinski definition) is 11. The summed E-state index contributed by atoms with van der Waals surface area (Å²) in [7, 11) is 4.27. The lowest BCUT2D eigenvalue weighted by atomic mass is 9.75. The normalized spacial score (nSPS) is 29.3. The molecule has 4 unspecified atom stereocenters. The summed E-state index contributed by atoms with van der Waals surface area (Å²) in [5, 5.41) is 14.1. The van der Waals surface area contributed by atoms with Gasteiger partial charge in [-0.25, -0.2) is 4.39 Å². The molecule has 8 rings (SSSR count). The lowest BCUT2D eigenvalue weighted by Gasteiger charge is -2.53. The van der Waals surface area contributed by atoms with Crippen molar-refractivity contribution in [2.45, 2.75) is 61.4 Å². The number of nitriles is 1. The van der Waals surface area contributed by atoms with E-state index in [9.17, 15) is 9.65 Å². The number of pyridine rings is 1. The number of halogens is 1. The number of nitrogens with two attached hydrogens (primary N) is 1. The number of morpholine rings is 1. The van der Waals surface area contributed by atoms with Crippen molar-refractivity contribution < 1.29 is 13.9 Å². The molecule has 3 N–H and O–H groups in total. The topological polar surface area (TPSA) is 125 Å². The van der Waals surface area contributed by atoms with Crippen LogP contribution < -0.4 is 15.8 Å². The van der Waals surface area contributed by atoms with E-state index in [0.717, 1.165) is 62.9 Å². The van der Waals surface area contributed by atoms with Crippen LogP contribution in [-0.2, 0) is 4.74 Å². The molecule has 5 heterocycles. The van der Waals surface area contributed by atoms with Gasteiger partial charge < -0.3 is 25.4 Å². The fourth-order valence-electron chi connectivity index (χ4n) is 7.62. The van der Waals surface area contributed by atoms with E-state index >= 15 is 0 Å². The summed E-state index contributed by atoms with van der Waals surface area (Å²) in [6.45, 7) is 4.01. The average Bonchev–Trinajstić information content (AvgIpc) is 3.71. The highest BCUT2D eigenvalue weighted by Crippen LogP contribution is 2.51. The number of hydrogen-bond donors (Lipinski definition) is 2. The number of likely N-dealkylation sites (N-methyl/N-ethyl adjacent to an activating group) is 1. The number of nitrogens with one attached hydrogen (secondary N) is 1. The van der Waals surface area contributed by atoms with Crippen molar-refractivity contribution in [2.24, 2.45) is 17.1 Å². The van der Waals surface area contributed by atoms with Crippen molar-refractivity contribution in [3.8, 4) is 12.1 Å². The average molecular weight is 631 g/mol. The van der Waals surface area contributed by atoms with Crippen molar-refractivity contribution in [3.05, 3.63) is 46.5 Å². The molecule has 2 saturated carbocycles. The molecule has 236 valence electrons. The minimum Gasteiger partial charge on any atom is -0.463 e. The Bertz CT molecular complexity index is 1660. The Balaban J connectivity index is 1.10. The Morgan fingerprint density at radius 2 is 2.02 bits per heavy atom. The summed E-state index contributed by atoms with van der Waals surface area (Å²) in [6.07, 6.45) is 11.9. The molecule has 4 fully saturated rings. The van der Waals surface area contributed by atoms with E-state index in [0.29, 0.717) is 52.3 Å². The van der Waals surface area contributed by atoms with E-state index in [1.165, 1.54) is 30.7 Å². The first-order valence-corrected chi connectivity index (χ1v) is 16.9. The first kappa shape index (κ1) is 29.2. The fourth-order valence-corrected chi connectivity index (χ4v) is 8.80. The molecule has 6 aliphatic rings. The first-order valence-electron chi connectivity index (χ1n) is 16.0. The van der Waals surface area contributed by atoms with Gasteiger partial charge >= 0.3 is 6.01 Å². The third kappa shape index (κ3) is 4.99. The van der Waals surface area contributed by atoms with Crippen LogP contribution in [0.1, 0.15) is 44.2 Å². The van der Waals surface area contributed by atoms with E-state index in [-0.39, 0.29) is 16.8 Å².